The van der Waals surface area contributed by atoms with E-state index >= 15 is 0 Å². The Morgan fingerprint density at radius 3 is 2.54 bits per heavy atom. The molecular formula is C17H20N4O3S2. The van der Waals surface area contributed by atoms with Crippen LogP contribution in [0.15, 0.2) is 40.9 Å². The van der Waals surface area contributed by atoms with Crippen LogP contribution in [-0.2, 0) is 21.2 Å². The van der Waals surface area contributed by atoms with Crippen molar-refractivity contribution in [2.45, 2.75) is 43.9 Å². The van der Waals surface area contributed by atoms with Gasteiger partial charge in [0.15, 0.2) is 5.78 Å². The van der Waals surface area contributed by atoms with E-state index in [4.69, 9.17) is 0 Å². The van der Waals surface area contributed by atoms with Crippen molar-refractivity contribution in [1.82, 2.24) is 10.2 Å². The van der Waals surface area contributed by atoms with Gasteiger partial charge in [-0.3, -0.25) is 9.52 Å². The van der Waals surface area contributed by atoms with E-state index < -0.39 is 10.0 Å². The summed E-state index contributed by atoms with van der Waals surface area (Å²) in [6.45, 7) is 1.93. The lowest BCUT2D eigenvalue weighted by molar-refractivity contribution is -0.116. The monoisotopic (exact) mass is 392 g/mol. The van der Waals surface area contributed by atoms with E-state index in [1.807, 2.05) is 6.92 Å². The Morgan fingerprint density at radius 2 is 1.88 bits per heavy atom. The van der Waals surface area contributed by atoms with Gasteiger partial charge in [-0.05, 0) is 49.9 Å². The van der Waals surface area contributed by atoms with Gasteiger partial charge in [0.1, 0.15) is 5.01 Å². The SMILES string of the molecule is CCc1nnc(NS(=O)(=O)c2ccc(NC=C3CCCCC3=O)cc2)s1. The number of nitrogens with one attached hydrogen (secondary N) is 2. The lowest BCUT2D eigenvalue weighted by Crippen LogP contribution is -2.13. The largest absolute Gasteiger partial charge is 0.361 e. The zero-order chi connectivity index (χ0) is 18.6. The molecule has 0 spiro atoms. The Balaban J connectivity index is 1.68. The first-order chi connectivity index (χ1) is 12.5. The van der Waals surface area contributed by atoms with Crippen molar-refractivity contribution in [3.63, 3.8) is 0 Å². The number of benzene rings is 1. The Kier molecular flexibility index (Phi) is 5.67. The van der Waals surface area contributed by atoms with Gasteiger partial charge in [0.25, 0.3) is 10.0 Å². The van der Waals surface area contributed by atoms with Gasteiger partial charge in [-0.15, -0.1) is 10.2 Å². The number of carbonyl (C=O) groups excluding carboxylic acids is 1. The molecule has 1 saturated carbocycles. The number of hydrogen-bond acceptors (Lipinski definition) is 7. The van der Waals surface area contributed by atoms with Crippen molar-refractivity contribution in [3.05, 3.63) is 41.0 Å². The molecule has 0 radical (unpaired) electrons. The molecule has 0 amide bonds. The molecular weight excluding hydrogens is 372 g/mol. The van der Waals surface area contributed by atoms with Crippen LogP contribution in [-0.4, -0.2) is 24.4 Å². The highest BCUT2D eigenvalue weighted by Crippen LogP contribution is 2.22. The highest BCUT2D eigenvalue weighted by molar-refractivity contribution is 7.93. The standard InChI is InChI=1S/C17H20N4O3S2/c1-2-16-19-20-17(25-16)21-26(23,24)14-9-7-13(8-10-14)18-11-12-5-3-4-6-15(12)22/h7-11,18H,2-6H2,1H3,(H,20,21). The number of allylic oxidation sites excluding steroid dienone is 1. The number of sulfonamides is 1. The van der Waals surface area contributed by atoms with Crippen molar-refractivity contribution in [3.8, 4) is 0 Å². The molecule has 7 nitrogen and oxygen atoms in total. The Labute approximate surface area is 156 Å². The second-order valence-corrected chi connectivity index (χ2v) is 8.67. The van der Waals surface area contributed by atoms with E-state index in [9.17, 15) is 13.2 Å². The van der Waals surface area contributed by atoms with E-state index in [0.717, 1.165) is 35.5 Å². The van der Waals surface area contributed by atoms with Crippen molar-refractivity contribution in [2.75, 3.05) is 10.0 Å². The third-order valence-electron chi connectivity index (χ3n) is 4.03. The molecule has 0 unspecified atom stereocenters. The van der Waals surface area contributed by atoms with Gasteiger partial charge < -0.3 is 5.32 Å². The molecule has 0 atom stereocenters. The Bertz CT molecular complexity index is 918. The first-order valence-corrected chi connectivity index (χ1v) is 10.7. The molecule has 1 aromatic carbocycles. The summed E-state index contributed by atoms with van der Waals surface area (Å²) in [5.74, 6) is 0.177. The summed E-state index contributed by atoms with van der Waals surface area (Å²) in [7, 11) is -3.71. The summed E-state index contributed by atoms with van der Waals surface area (Å²) in [5.41, 5.74) is 1.51. The molecule has 9 heteroatoms. The molecule has 0 aliphatic heterocycles. The molecule has 1 heterocycles. The number of nitrogens with zero attached hydrogens (tertiary/aromatic N) is 2. The first-order valence-electron chi connectivity index (χ1n) is 8.42. The summed E-state index contributed by atoms with van der Waals surface area (Å²) < 4.78 is 27.3. The van der Waals surface area contributed by atoms with E-state index in [1.165, 1.54) is 23.5 Å². The van der Waals surface area contributed by atoms with Crippen LogP contribution in [0.25, 0.3) is 0 Å². The van der Waals surface area contributed by atoms with Crippen LogP contribution in [0.3, 0.4) is 0 Å². The highest BCUT2D eigenvalue weighted by Gasteiger charge is 2.17. The number of hydrogen-bond donors (Lipinski definition) is 2. The van der Waals surface area contributed by atoms with Crippen LogP contribution < -0.4 is 10.0 Å². The van der Waals surface area contributed by atoms with Crippen molar-refractivity contribution < 1.29 is 13.2 Å². The number of aryl methyl sites for hydroxylation is 1. The Hall–Kier alpha value is -2.26. The summed E-state index contributed by atoms with van der Waals surface area (Å²) in [6.07, 6.45) is 5.78. The van der Waals surface area contributed by atoms with Crippen LogP contribution in [0.1, 0.15) is 37.6 Å². The van der Waals surface area contributed by atoms with Crippen molar-refractivity contribution in [2.24, 2.45) is 0 Å². The average molecular weight is 393 g/mol. The van der Waals surface area contributed by atoms with Gasteiger partial charge in [0.2, 0.25) is 5.13 Å². The lowest BCUT2D eigenvalue weighted by atomic mass is 9.94. The molecule has 1 aliphatic rings. The quantitative estimate of drug-likeness (QED) is 0.731. The maximum atomic E-state index is 12.4. The fourth-order valence-electron chi connectivity index (χ4n) is 2.57. The predicted molar refractivity (Wildman–Crippen MR) is 102 cm³/mol. The number of carbonyl (C=O) groups is 1. The van der Waals surface area contributed by atoms with Gasteiger partial charge in [-0.25, -0.2) is 8.42 Å². The lowest BCUT2D eigenvalue weighted by Gasteiger charge is -2.13. The number of anilines is 2. The van der Waals surface area contributed by atoms with Crippen LogP contribution in [0.4, 0.5) is 10.8 Å². The second-order valence-electron chi connectivity index (χ2n) is 5.93. The molecule has 0 saturated heterocycles. The first kappa shape index (κ1) is 18.5. The zero-order valence-electron chi connectivity index (χ0n) is 14.4. The fourth-order valence-corrected chi connectivity index (χ4v) is 4.48. The third kappa shape index (κ3) is 4.47. The van der Waals surface area contributed by atoms with Crippen LogP contribution in [0.5, 0.6) is 0 Å². The smallest absolute Gasteiger partial charge is 0.263 e. The molecule has 2 aromatic rings. The Morgan fingerprint density at radius 1 is 1.15 bits per heavy atom. The van der Waals surface area contributed by atoms with Crippen molar-refractivity contribution in [1.29, 1.82) is 0 Å². The van der Waals surface area contributed by atoms with E-state index in [2.05, 4.69) is 20.2 Å². The summed E-state index contributed by atoms with van der Waals surface area (Å²) in [4.78, 5) is 11.9. The van der Waals surface area contributed by atoms with Gasteiger partial charge >= 0.3 is 0 Å². The summed E-state index contributed by atoms with van der Waals surface area (Å²) >= 11 is 1.22. The minimum atomic E-state index is -3.71. The minimum Gasteiger partial charge on any atom is -0.361 e. The summed E-state index contributed by atoms with van der Waals surface area (Å²) in [5, 5.41) is 11.8. The topological polar surface area (TPSA) is 101 Å². The normalized spacial score (nSPS) is 16.7. The van der Waals surface area contributed by atoms with Crippen LogP contribution in [0.2, 0.25) is 0 Å². The molecule has 26 heavy (non-hydrogen) atoms. The zero-order valence-corrected chi connectivity index (χ0v) is 16.0. The number of Topliss-reactive ketones (excluding diaryl/α,β-unsaturated/α-hetero) is 1. The maximum Gasteiger partial charge on any atom is 0.263 e. The highest BCUT2D eigenvalue weighted by atomic mass is 32.2. The number of ketones is 1. The molecule has 138 valence electrons. The van der Waals surface area contributed by atoms with Gasteiger partial charge in [0.05, 0.1) is 4.90 Å². The van der Waals surface area contributed by atoms with Gasteiger partial charge in [-0.1, -0.05) is 18.3 Å². The third-order valence-corrected chi connectivity index (χ3v) is 6.49. The minimum absolute atomic E-state index is 0.137. The van der Waals surface area contributed by atoms with E-state index in [0.29, 0.717) is 12.8 Å². The molecule has 1 fully saturated rings. The number of aromatic nitrogens is 2. The average Bonchev–Trinajstić information content (AvgIpc) is 3.08. The van der Waals surface area contributed by atoms with Crippen LogP contribution >= 0.6 is 11.3 Å². The van der Waals surface area contributed by atoms with Gasteiger partial charge in [0, 0.05) is 23.9 Å². The van der Waals surface area contributed by atoms with Gasteiger partial charge in [-0.2, -0.15) is 0 Å². The summed E-state index contributed by atoms with van der Waals surface area (Å²) in [6, 6.07) is 6.34. The number of rotatable bonds is 6. The van der Waals surface area contributed by atoms with E-state index in [-0.39, 0.29) is 15.8 Å². The molecule has 2 N–H and O–H groups in total. The predicted octanol–water partition coefficient (Wildman–Crippen LogP) is 3.34. The van der Waals surface area contributed by atoms with Crippen molar-refractivity contribution >= 4 is 38.0 Å². The van der Waals surface area contributed by atoms with E-state index in [1.54, 1.807) is 18.3 Å². The second kappa shape index (κ2) is 7.96. The van der Waals surface area contributed by atoms with Crippen LogP contribution in [0, 0.1) is 0 Å². The fraction of sp³-hybridized carbons (Fsp3) is 0.353. The molecule has 3 rings (SSSR count). The maximum absolute atomic E-state index is 12.4. The molecule has 0 bridgehead atoms. The molecule has 1 aromatic heterocycles. The molecule has 1 aliphatic carbocycles.